The van der Waals surface area contributed by atoms with Gasteiger partial charge in [-0.25, -0.2) is 4.79 Å². The summed E-state index contributed by atoms with van der Waals surface area (Å²) in [5.74, 6) is -0.610. The number of hydrogen-bond donors (Lipinski definition) is 1. The van der Waals surface area contributed by atoms with Crippen LogP contribution in [0.1, 0.15) is 25.8 Å². The van der Waals surface area contributed by atoms with Gasteiger partial charge < -0.3 is 5.11 Å². The number of nitrogens with zero attached hydrogens (tertiary/aromatic N) is 4. The summed E-state index contributed by atoms with van der Waals surface area (Å²) in [5, 5.41) is 15.7. The Morgan fingerprint density at radius 3 is 2.80 bits per heavy atom. The largest absolute Gasteiger partial charge is 0.480 e. The summed E-state index contributed by atoms with van der Waals surface area (Å²) in [7, 11) is 0. The second-order valence-electron chi connectivity index (χ2n) is 3.84. The van der Waals surface area contributed by atoms with Crippen molar-refractivity contribution in [3.8, 4) is 0 Å². The van der Waals surface area contributed by atoms with E-state index in [1.54, 1.807) is 0 Å². The number of carboxylic acid groups (broad SMARTS) is 1. The van der Waals surface area contributed by atoms with Gasteiger partial charge in [-0.1, -0.05) is 0 Å². The maximum Gasteiger partial charge on any atom is 0.364 e. The molecule has 1 aliphatic rings. The lowest BCUT2D eigenvalue weighted by Gasteiger charge is -2.06. The Balaban J connectivity index is 2.22. The number of hydrogen-bond acceptors (Lipinski definition) is 4. The summed E-state index contributed by atoms with van der Waals surface area (Å²) in [4.78, 5) is 22.0. The van der Waals surface area contributed by atoms with Gasteiger partial charge in [0, 0.05) is 0 Å². The minimum atomic E-state index is -1.09. The normalized spacial score (nSPS) is 17.7. The molecule has 82 valence electrons. The molecule has 0 amide bonds. The van der Waals surface area contributed by atoms with Crippen molar-refractivity contribution in [1.29, 1.82) is 0 Å². The second-order valence-corrected chi connectivity index (χ2v) is 3.84. The van der Waals surface area contributed by atoms with E-state index in [1.165, 1.54) is 4.68 Å². The fraction of sp³-hybridized carbons (Fsp3) is 0.750. The van der Waals surface area contributed by atoms with E-state index in [-0.39, 0.29) is 6.04 Å². The Hall–Kier alpha value is -1.66. The minimum Gasteiger partial charge on any atom is -0.480 e. The molecule has 1 unspecified atom stereocenters. The molecule has 0 radical (unpaired) electrons. The van der Waals surface area contributed by atoms with Crippen molar-refractivity contribution >= 4 is 5.97 Å². The molecule has 0 spiro atoms. The number of tetrazole rings is 1. The van der Waals surface area contributed by atoms with Crippen molar-refractivity contribution in [2.45, 2.75) is 32.4 Å². The van der Waals surface area contributed by atoms with E-state index < -0.39 is 18.2 Å². The summed E-state index contributed by atoms with van der Waals surface area (Å²) in [6.07, 6.45) is 2.19. The molecule has 15 heavy (non-hydrogen) atoms. The number of carboxylic acids is 1. The van der Waals surface area contributed by atoms with Gasteiger partial charge in [0.05, 0.1) is 6.04 Å². The predicted octanol–water partition coefficient (Wildman–Crippen LogP) is -0.505. The van der Waals surface area contributed by atoms with Crippen LogP contribution in [0.3, 0.4) is 0 Å². The molecule has 7 nitrogen and oxygen atoms in total. The average Bonchev–Trinajstić information content (AvgIpc) is 2.93. The zero-order chi connectivity index (χ0) is 11.0. The first kappa shape index (κ1) is 9.88. The van der Waals surface area contributed by atoms with Gasteiger partial charge in [0.15, 0.2) is 0 Å². The lowest BCUT2D eigenvalue weighted by molar-refractivity contribution is -0.138. The molecule has 1 aromatic rings. The summed E-state index contributed by atoms with van der Waals surface area (Å²) < 4.78 is 2.13. The molecule has 7 heteroatoms. The molecule has 2 rings (SSSR count). The highest BCUT2D eigenvalue weighted by Crippen LogP contribution is 2.38. The zero-order valence-electron chi connectivity index (χ0n) is 8.33. The van der Waals surface area contributed by atoms with E-state index in [2.05, 4.69) is 10.4 Å². The Bertz CT molecular complexity index is 431. The third-order valence-electron chi connectivity index (χ3n) is 2.64. The van der Waals surface area contributed by atoms with Crippen molar-refractivity contribution in [2.75, 3.05) is 0 Å². The Labute approximate surface area is 85.3 Å². The fourth-order valence-electron chi connectivity index (χ4n) is 1.55. The van der Waals surface area contributed by atoms with Crippen LogP contribution in [0, 0.1) is 5.92 Å². The van der Waals surface area contributed by atoms with Gasteiger partial charge in [-0.15, -0.1) is 0 Å². The van der Waals surface area contributed by atoms with Crippen LogP contribution in [0.15, 0.2) is 4.79 Å². The summed E-state index contributed by atoms with van der Waals surface area (Å²) in [6, 6.07) is 0.0139. The van der Waals surface area contributed by atoms with E-state index in [0.29, 0.717) is 5.92 Å². The van der Waals surface area contributed by atoms with Crippen molar-refractivity contribution < 1.29 is 9.90 Å². The summed E-state index contributed by atoms with van der Waals surface area (Å²) in [5.41, 5.74) is -0.447. The van der Waals surface area contributed by atoms with Gasteiger partial charge in [0.25, 0.3) is 0 Å². The van der Waals surface area contributed by atoms with Gasteiger partial charge in [-0.3, -0.25) is 4.79 Å². The van der Waals surface area contributed by atoms with Gasteiger partial charge >= 0.3 is 11.7 Å². The van der Waals surface area contributed by atoms with E-state index in [1.807, 2.05) is 6.92 Å². The van der Waals surface area contributed by atoms with Gasteiger partial charge in [0.2, 0.25) is 0 Å². The average molecular weight is 212 g/mol. The molecule has 1 heterocycles. The SMILES string of the molecule is CC(C1CC1)n1nnn(CC(=O)O)c1=O. The number of carbonyl (C=O) groups is 1. The summed E-state index contributed by atoms with van der Waals surface area (Å²) in [6.45, 7) is 1.47. The maximum atomic E-state index is 11.6. The van der Waals surface area contributed by atoms with Crippen LogP contribution in [-0.4, -0.2) is 30.9 Å². The van der Waals surface area contributed by atoms with Crippen molar-refractivity contribution in [3.05, 3.63) is 10.5 Å². The fourth-order valence-corrected chi connectivity index (χ4v) is 1.55. The van der Waals surface area contributed by atoms with E-state index in [4.69, 9.17) is 5.11 Å². The third-order valence-corrected chi connectivity index (χ3v) is 2.64. The van der Waals surface area contributed by atoms with Crippen LogP contribution in [0.4, 0.5) is 0 Å². The quantitative estimate of drug-likeness (QED) is 0.726. The van der Waals surface area contributed by atoms with Gasteiger partial charge in [-0.05, 0) is 36.1 Å². The zero-order valence-corrected chi connectivity index (χ0v) is 8.33. The molecule has 0 aromatic carbocycles. The molecular weight excluding hydrogens is 200 g/mol. The van der Waals surface area contributed by atoms with Crippen LogP contribution in [0.25, 0.3) is 0 Å². The van der Waals surface area contributed by atoms with Crippen LogP contribution in [0.5, 0.6) is 0 Å². The predicted molar refractivity (Wildman–Crippen MR) is 49.4 cm³/mol. The van der Waals surface area contributed by atoms with Gasteiger partial charge in [0.1, 0.15) is 6.54 Å². The van der Waals surface area contributed by atoms with Crippen molar-refractivity contribution in [2.24, 2.45) is 5.92 Å². The monoisotopic (exact) mass is 212 g/mol. The first-order chi connectivity index (χ1) is 7.09. The molecule has 1 atom stereocenters. The van der Waals surface area contributed by atoms with E-state index in [9.17, 15) is 9.59 Å². The number of aliphatic carboxylic acids is 1. The lowest BCUT2D eigenvalue weighted by Crippen LogP contribution is -2.30. The molecule has 0 aliphatic heterocycles. The standard InChI is InChI=1S/C8H12N4O3/c1-5(6-2-3-6)12-8(15)11(9-10-12)4-7(13)14/h5-6H,2-4H2,1H3,(H,13,14). The molecule has 1 N–H and O–H groups in total. The highest BCUT2D eigenvalue weighted by Gasteiger charge is 2.31. The second kappa shape index (κ2) is 3.48. The van der Waals surface area contributed by atoms with Crippen molar-refractivity contribution in [1.82, 2.24) is 19.8 Å². The molecule has 1 aliphatic carbocycles. The van der Waals surface area contributed by atoms with Crippen LogP contribution in [0.2, 0.25) is 0 Å². The molecule has 1 aromatic heterocycles. The highest BCUT2D eigenvalue weighted by molar-refractivity contribution is 5.66. The van der Waals surface area contributed by atoms with Crippen molar-refractivity contribution in [3.63, 3.8) is 0 Å². The molecule has 1 saturated carbocycles. The first-order valence-corrected chi connectivity index (χ1v) is 4.83. The molecular formula is C8H12N4O3. The van der Waals surface area contributed by atoms with Crippen LogP contribution in [-0.2, 0) is 11.3 Å². The smallest absolute Gasteiger partial charge is 0.364 e. The van der Waals surface area contributed by atoms with Crippen LogP contribution < -0.4 is 5.69 Å². The van der Waals surface area contributed by atoms with E-state index in [0.717, 1.165) is 17.5 Å². The number of rotatable bonds is 4. The van der Waals surface area contributed by atoms with E-state index >= 15 is 0 Å². The molecule has 0 saturated heterocycles. The first-order valence-electron chi connectivity index (χ1n) is 4.83. The minimum absolute atomic E-state index is 0.0139. The van der Waals surface area contributed by atoms with Gasteiger partial charge in [-0.2, -0.15) is 9.36 Å². The third kappa shape index (κ3) is 1.90. The topological polar surface area (TPSA) is 90.0 Å². The Morgan fingerprint density at radius 1 is 1.60 bits per heavy atom. The Kier molecular flexibility index (Phi) is 2.29. The summed E-state index contributed by atoms with van der Waals surface area (Å²) >= 11 is 0. The highest BCUT2D eigenvalue weighted by atomic mass is 16.4. The molecule has 1 fully saturated rings. The van der Waals surface area contributed by atoms with Crippen LogP contribution >= 0.6 is 0 Å². The number of aromatic nitrogens is 4. The maximum absolute atomic E-state index is 11.6. The Morgan fingerprint density at radius 2 is 2.27 bits per heavy atom. The molecule has 0 bridgehead atoms. The lowest BCUT2D eigenvalue weighted by atomic mass is 10.2.